The fraction of sp³-hybridized carbons (Fsp3) is 0.100. The van der Waals surface area contributed by atoms with Gasteiger partial charge in [0, 0.05) is 11.8 Å². The first kappa shape index (κ1) is 11.5. The topological polar surface area (TPSA) is 0 Å². The van der Waals surface area contributed by atoms with E-state index in [9.17, 15) is 0 Å². The van der Waals surface area contributed by atoms with Gasteiger partial charge in [-0.2, -0.15) is 0 Å². The van der Waals surface area contributed by atoms with Gasteiger partial charge in [0.15, 0.2) is 0 Å². The van der Waals surface area contributed by atoms with Crippen LogP contribution in [0, 0.1) is 0 Å². The summed E-state index contributed by atoms with van der Waals surface area (Å²) in [6.07, 6.45) is 0. The van der Waals surface area contributed by atoms with Gasteiger partial charge in [0.05, 0.1) is 0 Å². The van der Waals surface area contributed by atoms with Gasteiger partial charge in [0.2, 0.25) is 0 Å². The van der Waals surface area contributed by atoms with Crippen molar-refractivity contribution >= 4 is 0 Å². The third-order valence-electron chi connectivity index (χ3n) is 4.32. The monoisotopic (exact) mass is 256 g/mol. The number of fused-ring (bicyclic) bond motifs is 1. The molecule has 0 radical (unpaired) electrons. The zero-order chi connectivity index (χ0) is 13.4. The molecule has 96 valence electrons. The number of hydrogen-bond acceptors (Lipinski definition) is 0. The molecule has 4 rings (SSSR count). The molecule has 0 unspecified atom stereocenters. The van der Waals surface area contributed by atoms with Gasteiger partial charge in [-0.15, -0.1) is 0 Å². The van der Waals surface area contributed by atoms with Gasteiger partial charge in [-0.3, -0.25) is 0 Å². The highest BCUT2D eigenvalue weighted by Crippen LogP contribution is 2.53. The molecule has 0 spiro atoms. The lowest BCUT2D eigenvalue weighted by molar-refractivity contribution is 0.607. The number of rotatable bonds is 2. The van der Waals surface area contributed by atoms with Crippen LogP contribution in [0.15, 0.2) is 84.9 Å². The third-order valence-corrected chi connectivity index (χ3v) is 4.32. The first-order chi connectivity index (χ1) is 9.95. The maximum absolute atomic E-state index is 2.27. The maximum atomic E-state index is 2.27. The standard InChI is InChI=1S/C20H16/c1-3-9-15(10-4-1)19-17-13-7-8-14-18(17)20(19)16-11-5-2-6-12-16/h1-14,19-20H/t19-,20-/m1/s1. The van der Waals surface area contributed by atoms with Crippen molar-refractivity contribution < 1.29 is 0 Å². The zero-order valence-electron chi connectivity index (χ0n) is 11.2. The van der Waals surface area contributed by atoms with Crippen molar-refractivity contribution in [1.29, 1.82) is 0 Å². The van der Waals surface area contributed by atoms with Crippen molar-refractivity contribution in [3.05, 3.63) is 107 Å². The molecule has 3 aromatic carbocycles. The van der Waals surface area contributed by atoms with Crippen LogP contribution in [0.3, 0.4) is 0 Å². The van der Waals surface area contributed by atoms with Gasteiger partial charge >= 0.3 is 0 Å². The Morgan fingerprint density at radius 1 is 0.400 bits per heavy atom. The Kier molecular flexibility index (Phi) is 2.67. The lowest BCUT2D eigenvalue weighted by Crippen LogP contribution is -2.26. The zero-order valence-corrected chi connectivity index (χ0v) is 11.2. The average molecular weight is 256 g/mol. The van der Waals surface area contributed by atoms with E-state index in [-0.39, 0.29) is 0 Å². The Balaban J connectivity index is 1.85. The summed E-state index contributed by atoms with van der Waals surface area (Å²) < 4.78 is 0. The Bertz CT molecular complexity index is 649. The summed E-state index contributed by atoms with van der Waals surface area (Å²) >= 11 is 0. The smallest absolute Gasteiger partial charge is 0.0202 e. The summed E-state index contributed by atoms with van der Waals surface area (Å²) in [4.78, 5) is 0. The second-order valence-electron chi connectivity index (χ2n) is 5.41. The van der Waals surface area contributed by atoms with Crippen molar-refractivity contribution in [2.75, 3.05) is 0 Å². The fourth-order valence-electron chi connectivity index (χ4n) is 3.41. The number of benzene rings is 3. The van der Waals surface area contributed by atoms with Crippen molar-refractivity contribution in [3.8, 4) is 0 Å². The molecule has 0 nitrogen and oxygen atoms in total. The van der Waals surface area contributed by atoms with Crippen molar-refractivity contribution in [2.24, 2.45) is 0 Å². The van der Waals surface area contributed by atoms with Gasteiger partial charge < -0.3 is 0 Å². The van der Waals surface area contributed by atoms with Crippen molar-refractivity contribution in [2.45, 2.75) is 11.8 Å². The summed E-state index contributed by atoms with van der Waals surface area (Å²) in [7, 11) is 0. The highest BCUT2D eigenvalue weighted by atomic mass is 14.4. The SMILES string of the molecule is c1ccc([C@@H]2c3ccccc3[C@H]2c2ccccc2)cc1. The van der Waals surface area contributed by atoms with Crippen LogP contribution in [0.1, 0.15) is 34.1 Å². The molecule has 0 saturated heterocycles. The maximum Gasteiger partial charge on any atom is 0.0202 e. The molecular formula is C20H16. The van der Waals surface area contributed by atoms with Crippen LogP contribution in [0.4, 0.5) is 0 Å². The van der Waals surface area contributed by atoms with E-state index in [1.54, 1.807) is 0 Å². The van der Waals surface area contributed by atoms with Crippen LogP contribution < -0.4 is 0 Å². The van der Waals surface area contributed by atoms with Crippen LogP contribution in [-0.2, 0) is 0 Å². The Labute approximate surface area is 119 Å². The summed E-state index contributed by atoms with van der Waals surface area (Å²) in [5, 5.41) is 0. The minimum absolute atomic E-state index is 0.495. The minimum Gasteiger partial charge on any atom is -0.0622 e. The molecule has 0 saturated carbocycles. The van der Waals surface area contributed by atoms with Crippen molar-refractivity contribution in [3.63, 3.8) is 0 Å². The first-order valence-corrected chi connectivity index (χ1v) is 7.14. The predicted molar refractivity (Wildman–Crippen MR) is 83.0 cm³/mol. The molecule has 3 aromatic rings. The molecule has 0 N–H and O–H groups in total. The Hall–Kier alpha value is -2.34. The molecule has 1 aliphatic carbocycles. The summed E-state index contributed by atoms with van der Waals surface area (Å²) in [5.41, 5.74) is 5.79. The van der Waals surface area contributed by atoms with Crippen LogP contribution in [0.25, 0.3) is 0 Å². The molecule has 0 amide bonds. The minimum atomic E-state index is 0.495. The van der Waals surface area contributed by atoms with Crippen LogP contribution >= 0.6 is 0 Å². The van der Waals surface area contributed by atoms with Gasteiger partial charge in [0.1, 0.15) is 0 Å². The largest absolute Gasteiger partial charge is 0.0622 e. The molecule has 20 heavy (non-hydrogen) atoms. The molecule has 0 fully saturated rings. The Morgan fingerprint density at radius 3 is 1.15 bits per heavy atom. The molecule has 0 aliphatic heterocycles. The van der Waals surface area contributed by atoms with Gasteiger partial charge in [-0.25, -0.2) is 0 Å². The van der Waals surface area contributed by atoms with Gasteiger partial charge in [0.25, 0.3) is 0 Å². The predicted octanol–water partition coefficient (Wildman–Crippen LogP) is 4.96. The molecule has 0 heterocycles. The third kappa shape index (κ3) is 1.69. The summed E-state index contributed by atoms with van der Waals surface area (Å²) in [6, 6.07) is 30.6. The summed E-state index contributed by atoms with van der Waals surface area (Å²) in [6.45, 7) is 0. The summed E-state index contributed by atoms with van der Waals surface area (Å²) in [5.74, 6) is 0.990. The van der Waals surface area contributed by atoms with E-state index in [0.717, 1.165) is 0 Å². The molecule has 2 atom stereocenters. The lowest BCUT2D eigenvalue weighted by atomic mass is 9.62. The molecule has 0 bridgehead atoms. The van der Waals surface area contributed by atoms with Crippen LogP contribution in [0.5, 0.6) is 0 Å². The molecule has 0 aromatic heterocycles. The van der Waals surface area contributed by atoms with E-state index in [1.807, 2.05) is 0 Å². The van der Waals surface area contributed by atoms with E-state index in [2.05, 4.69) is 84.9 Å². The Morgan fingerprint density at radius 2 is 0.750 bits per heavy atom. The van der Waals surface area contributed by atoms with Crippen molar-refractivity contribution in [1.82, 2.24) is 0 Å². The lowest BCUT2D eigenvalue weighted by Gasteiger charge is -2.40. The van der Waals surface area contributed by atoms with E-state index in [4.69, 9.17) is 0 Å². The van der Waals surface area contributed by atoms with E-state index >= 15 is 0 Å². The van der Waals surface area contributed by atoms with E-state index < -0.39 is 0 Å². The molecular weight excluding hydrogens is 240 g/mol. The van der Waals surface area contributed by atoms with Gasteiger partial charge in [-0.05, 0) is 22.3 Å². The molecule has 0 heteroatoms. The van der Waals surface area contributed by atoms with E-state index in [0.29, 0.717) is 11.8 Å². The quantitative estimate of drug-likeness (QED) is 0.607. The molecule has 1 aliphatic rings. The van der Waals surface area contributed by atoms with Crippen LogP contribution in [0.2, 0.25) is 0 Å². The average Bonchev–Trinajstić information content (AvgIpc) is 2.51. The highest BCUT2D eigenvalue weighted by Gasteiger charge is 2.38. The van der Waals surface area contributed by atoms with E-state index in [1.165, 1.54) is 22.3 Å². The second-order valence-corrected chi connectivity index (χ2v) is 5.41. The second kappa shape index (κ2) is 4.64. The number of hydrogen-bond donors (Lipinski definition) is 0. The normalized spacial score (nSPS) is 20.0. The first-order valence-electron chi connectivity index (χ1n) is 7.14. The fourth-order valence-corrected chi connectivity index (χ4v) is 3.41. The van der Waals surface area contributed by atoms with Crippen LogP contribution in [-0.4, -0.2) is 0 Å². The van der Waals surface area contributed by atoms with Gasteiger partial charge in [-0.1, -0.05) is 84.9 Å². The highest BCUT2D eigenvalue weighted by molar-refractivity contribution is 5.56.